The number of halogens is 3. The van der Waals surface area contributed by atoms with Crippen molar-refractivity contribution in [1.82, 2.24) is 5.32 Å². The highest BCUT2D eigenvalue weighted by Crippen LogP contribution is 2.24. The molecular weight excluding hydrogens is 253 g/mol. The van der Waals surface area contributed by atoms with Crippen LogP contribution in [0.5, 0.6) is 0 Å². The summed E-state index contributed by atoms with van der Waals surface area (Å²) in [5, 5.41) is 3.40. The molecule has 0 aliphatic carbocycles. The largest absolute Gasteiger partial charge is 0.367 e. The predicted molar refractivity (Wildman–Crippen MR) is 69.8 cm³/mol. The zero-order valence-electron chi connectivity index (χ0n) is 11.1. The first-order valence-corrected chi connectivity index (χ1v) is 6.74. The van der Waals surface area contributed by atoms with Gasteiger partial charge in [0.1, 0.15) is 5.82 Å². The molecule has 0 bridgehead atoms. The third-order valence-corrected chi connectivity index (χ3v) is 3.45. The Morgan fingerprint density at radius 3 is 2.68 bits per heavy atom. The second kappa shape index (κ2) is 6.28. The summed E-state index contributed by atoms with van der Waals surface area (Å²) in [5.74, 6) is -2.84. The lowest BCUT2D eigenvalue weighted by Crippen LogP contribution is -2.38. The summed E-state index contributed by atoms with van der Waals surface area (Å²) in [7, 11) is 0. The second-order valence-corrected chi connectivity index (χ2v) is 4.96. The van der Waals surface area contributed by atoms with Gasteiger partial charge in [0, 0.05) is 31.3 Å². The van der Waals surface area contributed by atoms with Gasteiger partial charge >= 0.3 is 0 Å². The third kappa shape index (κ3) is 3.41. The smallest absolute Gasteiger partial charge is 0.161 e. The number of rotatable bonds is 3. The highest BCUT2D eigenvalue weighted by molar-refractivity contribution is 5.48. The minimum absolute atomic E-state index is 0.156. The molecule has 0 radical (unpaired) electrons. The van der Waals surface area contributed by atoms with Crippen LogP contribution in [0.1, 0.15) is 26.2 Å². The maximum atomic E-state index is 13.8. The first kappa shape index (κ1) is 14.2. The standard InChI is InChI=1S/C14H19F3N2/c1-2-4-10-9-19(6-3-5-18-10)14-8-12(16)11(15)7-13(14)17/h7-8,10,18H,2-6,9H2,1H3. The maximum Gasteiger partial charge on any atom is 0.161 e. The molecule has 1 unspecified atom stereocenters. The van der Waals surface area contributed by atoms with E-state index in [1.807, 2.05) is 0 Å². The van der Waals surface area contributed by atoms with Crippen LogP contribution in [0.3, 0.4) is 0 Å². The Bertz CT molecular complexity index is 437. The summed E-state index contributed by atoms with van der Waals surface area (Å²) in [6, 6.07) is 1.84. The van der Waals surface area contributed by atoms with Crippen LogP contribution in [0.4, 0.5) is 18.9 Å². The molecule has 106 valence electrons. The van der Waals surface area contributed by atoms with Crippen molar-refractivity contribution in [3.05, 3.63) is 29.6 Å². The second-order valence-electron chi connectivity index (χ2n) is 4.96. The van der Waals surface area contributed by atoms with E-state index in [1.165, 1.54) is 0 Å². The number of anilines is 1. The Kier molecular flexibility index (Phi) is 4.69. The van der Waals surface area contributed by atoms with Gasteiger partial charge in [0.05, 0.1) is 5.69 Å². The first-order valence-electron chi connectivity index (χ1n) is 6.74. The Hall–Kier alpha value is -1.23. The molecule has 1 aromatic carbocycles. The predicted octanol–water partition coefficient (Wildman–Crippen LogP) is 3.07. The maximum absolute atomic E-state index is 13.8. The Balaban J connectivity index is 2.21. The van der Waals surface area contributed by atoms with Crippen LogP contribution < -0.4 is 10.2 Å². The number of nitrogens with one attached hydrogen (secondary N) is 1. The van der Waals surface area contributed by atoms with Gasteiger partial charge in [0.15, 0.2) is 11.6 Å². The average Bonchev–Trinajstić information content (AvgIpc) is 2.60. The lowest BCUT2D eigenvalue weighted by atomic mass is 10.1. The summed E-state index contributed by atoms with van der Waals surface area (Å²) in [4.78, 5) is 1.80. The van der Waals surface area contributed by atoms with Gasteiger partial charge in [-0.1, -0.05) is 13.3 Å². The molecule has 0 saturated carbocycles. The summed E-state index contributed by atoms with van der Waals surface area (Å²) in [5.41, 5.74) is 0.156. The van der Waals surface area contributed by atoms with Crippen LogP contribution in [0, 0.1) is 17.5 Å². The zero-order valence-corrected chi connectivity index (χ0v) is 11.1. The summed E-state index contributed by atoms with van der Waals surface area (Å²) < 4.78 is 40.0. The number of benzene rings is 1. The van der Waals surface area contributed by atoms with Crippen LogP contribution >= 0.6 is 0 Å². The van der Waals surface area contributed by atoms with E-state index in [-0.39, 0.29) is 11.7 Å². The van der Waals surface area contributed by atoms with Gasteiger partial charge in [-0.15, -0.1) is 0 Å². The first-order chi connectivity index (χ1) is 9.11. The molecule has 1 N–H and O–H groups in total. The van der Waals surface area contributed by atoms with E-state index < -0.39 is 17.5 Å². The van der Waals surface area contributed by atoms with Gasteiger partial charge < -0.3 is 10.2 Å². The lowest BCUT2D eigenvalue weighted by molar-refractivity contribution is 0.487. The van der Waals surface area contributed by atoms with Crippen molar-refractivity contribution >= 4 is 5.69 Å². The minimum Gasteiger partial charge on any atom is -0.367 e. The van der Waals surface area contributed by atoms with Crippen LogP contribution in [-0.4, -0.2) is 25.7 Å². The van der Waals surface area contributed by atoms with Crippen molar-refractivity contribution < 1.29 is 13.2 Å². The summed E-state index contributed by atoms with van der Waals surface area (Å²) in [6.07, 6.45) is 2.88. The van der Waals surface area contributed by atoms with Gasteiger partial charge in [0.25, 0.3) is 0 Å². The molecule has 1 aromatic rings. The fourth-order valence-electron chi connectivity index (χ4n) is 2.51. The molecular formula is C14H19F3N2. The van der Waals surface area contributed by atoms with Crippen LogP contribution in [0.25, 0.3) is 0 Å². The van der Waals surface area contributed by atoms with Crippen molar-refractivity contribution in [3.8, 4) is 0 Å². The Morgan fingerprint density at radius 1 is 1.21 bits per heavy atom. The highest BCUT2D eigenvalue weighted by Gasteiger charge is 2.21. The summed E-state index contributed by atoms with van der Waals surface area (Å²) >= 11 is 0. The highest BCUT2D eigenvalue weighted by atomic mass is 19.2. The molecule has 1 aliphatic heterocycles. The molecule has 1 fully saturated rings. The molecule has 1 aliphatic rings. The van der Waals surface area contributed by atoms with E-state index in [9.17, 15) is 13.2 Å². The van der Waals surface area contributed by atoms with Crippen molar-refractivity contribution in [2.24, 2.45) is 0 Å². The van der Waals surface area contributed by atoms with E-state index in [2.05, 4.69) is 12.2 Å². The third-order valence-electron chi connectivity index (χ3n) is 3.45. The van der Waals surface area contributed by atoms with Crippen molar-refractivity contribution in [2.75, 3.05) is 24.5 Å². The number of hydrogen-bond donors (Lipinski definition) is 1. The molecule has 2 nitrogen and oxygen atoms in total. The van der Waals surface area contributed by atoms with Crippen LogP contribution in [-0.2, 0) is 0 Å². The van der Waals surface area contributed by atoms with E-state index in [0.717, 1.165) is 31.9 Å². The molecule has 1 saturated heterocycles. The van der Waals surface area contributed by atoms with Crippen LogP contribution in [0.15, 0.2) is 12.1 Å². The fourth-order valence-corrected chi connectivity index (χ4v) is 2.51. The monoisotopic (exact) mass is 272 g/mol. The molecule has 0 spiro atoms. The van der Waals surface area contributed by atoms with Gasteiger partial charge in [-0.3, -0.25) is 0 Å². The van der Waals surface area contributed by atoms with E-state index in [4.69, 9.17) is 0 Å². The number of nitrogens with zero attached hydrogens (tertiary/aromatic N) is 1. The SMILES string of the molecule is CCCC1CN(c2cc(F)c(F)cc2F)CCCN1. The molecule has 19 heavy (non-hydrogen) atoms. The van der Waals surface area contributed by atoms with Gasteiger partial charge in [-0.25, -0.2) is 13.2 Å². The normalized spacial score (nSPS) is 20.4. The lowest BCUT2D eigenvalue weighted by Gasteiger charge is -2.26. The fraction of sp³-hybridized carbons (Fsp3) is 0.571. The van der Waals surface area contributed by atoms with Crippen molar-refractivity contribution in [1.29, 1.82) is 0 Å². The Labute approximate surface area is 111 Å². The molecule has 5 heteroatoms. The molecule has 2 rings (SSSR count). The van der Waals surface area contributed by atoms with E-state index in [0.29, 0.717) is 19.2 Å². The summed E-state index contributed by atoms with van der Waals surface area (Å²) in [6.45, 7) is 4.23. The van der Waals surface area contributed by atoms with Crippen LogP contribution in [0.2, 0.25) is 0 Å². The Morgan fingerprint density at radius 2 is 1.95 bits per heavy atom. The number of hydrogen-bond acceptors (Lipinski definition) is 2. The van der Waals surface area contributed by atoms with Gasteiger partial charge in [0.2, 0.25) is 0 Å². The average molecular weight is 272 g/mol. The van der Waals surface area contributed by atoms with E-state index >= 15 is 0 Å². The minimum atomic E-state index is -1.14. The molecule has 1 atom stereocenters. The van der Waals surface area contributed by atoms with Gasteiger partial charge in [-0.05, 0) is 19.4 Å². The molecule has 0 aromatic heterocycles. The van der Waals surface area contributed by atoms with Gasteiger partial charge in [-0.2, -0.15) is 0 Å². The molecule has 1 heterocycles. The molecule has 0 amide bonds. The topological polar surface area (TPSA) is 15.3 Å². The van der Waals surface area contributed by atoms with E-state index in [1.54, 1.807) is 4.90 Å². The van der Waals surface area contributed by atoms with Crippen molar-refractivity contribution in [2.45, 2.75) is 32.2 Å². The zero-order chi connectivity index (χ0) is 13.8. The quantitative estimate of drug-likeness (QED) is 0.851. The van der Waals surface area contributed by atoms with Crippen molar-refractivity contribution in [3.63, 3.8) is 0 Å².